The monoisotopic (exact) mass is 399 g/mol. The first-order chi connectivity index (χ1) is 14.2. The number of hydrogen-bond donors (Lipinski definition) is 2. The molecule has 152 valence electrons. The molecule has 0 unspecified atom stereocenters. The molecule has 0 aliphatic rings. The zero-order chi connectivity index (χ0) is 20.5. The van der Waals surface area contributed by atoms with Gasteiger partial charge in [0, 0.05) is 25.0 Å². The number of nitrogens with one attached hydrogen (secondary N) is 2. The Labute approximate surface area is 167 Å². The second-order valence-corrected chi connectivity index (χ2v) is 5.98. The zero-order valence-corrected chi connectivity index (χ0v) is 16.0. The normalized spacial score (nSPS) is 10.4. The number of para-hydroxylation sites is 2. The van der Waals surface area contributed by atoms with Gasteiger partial charge in [-0.1, -0.05) is 18.2 Å². The van der Waals surface area contributed by atoms with Crippen molar-refractivity contribution in [2.45, 2.75) is 20.0 Å². The van der Waals surface area contributed by atoms with Crippen molar-refractivity contribution in [3.05, 3.63) is 60.6 Å². The number of pyridine rings is 1. The quantitative estimate of drug-likeness (QED) is 0.572. The Morgan fingerprint density at radius 2 is 2.00 bits per heavy atom. The van der Waals surface area contributed by atoms with Gasteiger partial charge in [0.05, 0.1) is 25.0 Å². The molecule has 0 bridgehead atoms. The number of alkyl halides is 1. The predicted molar refractivity (Wildman–Crippen MR) is 106 cm³/mol. The van der Waals surface area contributed by atoms with Crippen molar-refractivity contribution in [3.63, 3.8) is 0 Å². The van der Waals surface area contributed by atoms with Gasteiger partial charge in [-0.3, -0.25) is 4.68 Å². The minimum Gasteiger partial charge on any atom is -0.490 e. The molecule has 1 aromatic carbocycles. The van der Waals surface area contributed by atoms with Gasteiger partial charge < -0.3 is 20.1 Å². The molecular formula is C20H22FN5O3. The Hall–Kier alpha value is -3.62. The standard InChI is InChI=1S/C20H22FN5O3/c1-2-28-17-5-3-4-6-18(17)29-19-8-7-15(11-22-19)12-23-20(27)25-16-13-24-26(14-16)10-9-21/h3-8,11,13-14H,2,9-10,12H2,1H3,(H2,23,25,27). The van der Waals surface area contributed by atoms with Gasteiger partial charge in [0.15, 0.2) is 11.5 Å². The van der Waals surface area contributed by atoms with Crippen LogP contribution in [0.5, 0.6) is 17.4 Å². The highest BCUT2D eigenvalue weighted by molar-refractivity contribution is 5.88. The van der Waals surface area contributed by atoms with Crippen molar-refractivity contribution < 1.29 is 18.7 Å². The number of ether oxygens (including phenoxy) is 2. The summed E-state index contributed by atoms with van der Waals surface area (Å²) in [5.41, 5.74) is 1.30. The van der Waals surface area contributed by atoms with Crippen LogP contribution in [0.15, 0.2) is 55.0 Å². The maximum Gasteiger partial charge on any atom is 0.319 e. The van der Waals surface area contributed by atoms with Crippen LogP contribution >= 0.6 is 0 Å². The number of halogens is 1. The molecule has 2 amide bonds. The summed E-state index contributed by atoms with van der Waals surface area (Å²) >= 11 is 0. The Morgan fingerprint density at radius 3 is 2.72 bits per heavy atom. The number of carbonyl (C=O) groups is 1. The molecule has 2 aromatic heterocycles. The van der Waals surface area contributed by atoms with Gasteiger partial charge in [-0.25, -0.2) is 14.2 Å². The maximum absolute atomic E-state index is 12.3. The summed E-state index contributed by atoms with van der Waals surface area (Å²) in [5.74, 6) is 1.65. The number of aromatic nitrogens is 3. The fraction of sp³-hybridized carbons (Fsp3) is 0.250. The van der Waals surface area contributed by atoms with Crippen molar-refractivity contribution >= 4 is 11.7 Å². The molecule has 0 aliphatic heterocycles. The van der Waals surface area contributed by atoms with E-state index in [1.807, 2.05) is 37.3 Å². The van der Waals surface area contributed by atoms with Crippen LogP contribution in [-0.4, -0.2) is 34.1 Å². The molecule has 8 nitrogen and oxygen atoms in total. The van der Waals surface area contributed by atoms with Crippen LogP contribution in [0.4, 0.5) is 14.9 Å². The van der Waals surface area contributed by atoms with Gasteiger partial charge in [-0.15, -0.1) is 0 Å². The molecule has 0 radical (unpaired) electrons. The summed E-state index contributed by atoms with van der Waals surface area (Å²) in [5, 5.41) is 9.30. The lowest BCUT2D eigenvalue weighted by atomic mass is 10.3. The minimum absolute atomic E-state index is 0.151. The molecule has 2 N–H and O–H groups in total. The van der Waals surface area contributed by atoms with E-state index in [0.717, 1.165) is 5.56 Å². The van der Waals surface area contributed by atoms with Crippen LogP contribution in [0.2, 0.25) is 0 Å². The van der Waals surface area contributed by atoms with E-state index in [1.165, 1.54) is 10.9 Å². The molecule has 0 saturated carbocycles. The average molecular weight is 399 g/mol. The van der Waals surface area contributed by atoms with Crippen LogP contribution in [0.1, 0.15) is 12.5 Å². The van der Waals surface area contributed by atoms with Crippen molar-refractivity contribution in [2.75, 3.05) is 18.6 Å². The Kier molecular flexibility index (Phi) is 6.99. The molecular weight excluding hydrogens is 377 g/mol. The summed E-state index contributed by atoms with van der Waals surface area (Å²) in [6.07, 6.45) is 4.65. The van der Waals surface area contributed by atoms with Crippen molar-refractivity contribution in [3.8, 4) is 17.4 Å². The number of amides is 2. The van der Waals surface area contributed by atoms with E-state index in [4.69, 9.17) is 9.47 Å². The summed E-state index contributed by atoms with van der Waals surface area (Å²) in [4.78, 5) is 16.2. The SMILES string of the molecule is CCOc1ccccc1Oc1ccc(CNC(=O)Nc2cnn(CCF)c2)cn1. The fourth-order valence-electron chi connectivity index (χ4n) is 2.49. The second kappa shape index (κ2) is 10.1. The van der Waals surface area contributed by atoms with Gasteiger partial charge >= 0.3 is 6.03 Å². The van der Waals surface area contributed by atoms with Crippen LogP contribution in [0, 0.1) is 0 Å². The number of urea groups is 1. The first-order valence-electron chi connectivity index (χ1n) is 9.16. The summed E-state index contributed by atoms with van der Waals surface area (Å²) in [6.45, 7) is 2.36. The van der Waals surface area contributed by atoms with E-state index in [2.05, 4.69) is 20.7 Å². The first-order valence-corrected chi connectivity index (χ1v) is 9.16. The molecule has 3 rings (SSSR count). The lowest BCUT2D eigenvalue weighted by molar-refractivity contribution is 0.251. The molecule has 0 atom stereocenters. The highest BCUT2D eigenvalue weighted by atomic mass is 19.1. The van der Waals surface area contributed by atoms with E-state index >= 15 is 0 Å². The number of carbonyl (C=O) groups excluding carboxylic acids is 1. The van der Waals surface area contributed by atoms with E-state index in [-0.39, 0.29) is 13.1 Å². The zero-order valence-electron chi connectivity index (χ0n) is 16.0. The average Bonchev–Trinajstić information content (AvgIpc) is 3.16. The molecule has 2 heterocycles. The highest BCUT2D eigenvalue weighted by Crippen LogP contribution is 2.30. The molecule has 29 heavy (non-hydrogen) atoms. The third-order valence-electron chi connectivity index (χ3n) is 3.82. The highest BCUT2D eigenvalue weighted by Gasteiger charge is 2.07. The Balaban J connectivity index is 1.50. The van der Waals surface area contributed by atoms with E-state index < -0.39 is 12.7 Å². The van der Waals surface area contributed by atoms with Gasteiger partial charge in [-0.05, 0) is 24.6 Å². The number of aryl methyl sites for hydroxylation is 1. The lowest BCUT2D eigenvalue weighted by Gasteiger charge is -2.11. The van der Waals surface area contributed by atoms with Crippen LogP contribution in [0.25, 0.3) is 0 Å². The summed E-state index contributed by atoms with van der Waals surface area (Å²) in [7, 11) is 0. The minimum atomic E-state index is -0.517. The van der Waals surface area contributed by atoms with Gasteiger partial charge in [-0.2, -0.15) is 5.10 Å². The first kappa shape index (κ1) is 20.1. The summed E-state index contributed by atoms with van der Waals surface area (Å²) < 4.78 is 25.0. The number of benzene rings is 1. The molecule has 0 saturated heterocycles. The van der Waals surface area contributed by atoms with Gasteiger partial charge in [0.1, 0.15) is 6.67 Å². The van der Waals surface area contributed by atoms with Crippen LogP contribution in [-0.2, 0) is 13.1 Å². The topological polar surface area (TPSA) is 90.3 Å². The molecule has 0 fully saturated rings. The molecule has 3 aromatic rings. The number of anilines is 1. The van der Waals surface area contributed by atoms with Gasteiger partial charge in [0.2, 0.25) is 5.88 Å². The Morgan fingerprint density at radius 1 is 1.17 bits per heavy atom. The number of hydrogen-bond acceptors (Lipinski definition) is 5. The molecule has 0 spiro atoms. The van der Waals surface area contributed by atoms with E-state index in [0.29, 0.717) is 29.7 Å². The third kappa shape index (κ3) is 5.93. The van der Waals surface area contributed by atoms with Crippen LogP contribution in [0.3, 0.4) is 0 Å². The van der Waals surface area contributed by atoms with Crippen molar-refractivity contribution in [1.82, 2.24) is 20.1 Å². The van der Waals surface area contributed by atoms with Crippen LogP contribution < -0.4 is 20.1 Å². The summed E-state index contributed by atoms with van der Waals surface area (Å²) in [6, 6.07) is 10.5. The number of rotatable bonds is 9. The third-order valence-corrected chi connectivity index (χ3v) is 3.82. The largest absolute Gasteiger partial charge is 0.490 e. The molecule has 0 aliphatic carbocycles. The van der Waals surface area contributed by atoms with E-state index in [9.17, 15) is 9.18 Å². The number of nitrogens with zero attached hydrogens (tertiary/aromatic N) is 3. The Bertz CT molecular complexity index is 930. The molecule has 9 heteroatoms. The van der Waals surface area contributed by atoms with Crippen molar-refractivity contribution in [2.24, 2.45) is 0 Å². The smallest absolute Gasteiger partial charge is 0.319 e. The maximum atomic E-state index is 12.3. The van der Waals surface area contributed by atoms with E-state index in [1.54, 1.807) is 18.5 Å². The van der Waals surface area contributed by atoms with Crippen molar-refractivity contribution in [1.29, 1.82) is 0 Å². The lowest BCUT2D eigenvalue weighted by Crippen LogP contribution is -2.28. The second-order valence-electron chi connectivity index (χ2n) is 5.98. The fourth-order valence-corrected chi connectivity index (χ4v) is 2.49. The predicted octanol–water partition coefficient (Wildman–Crippen LogP) is 3.76. The van der Waals surface area contributed by atoms with Gasteiger partial charge in [0.25, 0.3) is 0 Å².